The summed E-state index contributed by atoms with van der Waals surface area (Å²) in [6.07, 6.45) is 8.05. The van der Waals surface area contributed by atoms with Crippen molar-refractivity contribution in [3.05, 3.63) is 35.9 Å². The lowest BCUT2D eigenvalue weighted by Crippen LogP contribution is -2.61. The molecule has 1 atom stereocenters. The van der Waals surface area contributed by atoms with Gasteiger partial charge in [0.25, 0.3) is 0 Å². The lowest BCUT2D eigenvalue weighted by Gasteiger charge is -2.55. The predicted molar refractivity (Wildman–Crippen MR) is 78.1 cm³/mol. The van der Waals surface area contributed by atoms with Crippen LogP contribution >= 0.6 is 0 Å². The highest BCUT2D eigenvalue weighted by Gasteiger charge is 2.45. The summed E-state index contributed by atoms with van der Waals surface area (Å²) in [5, 5.41) is 9.67. The number of benzene rings is 1. The standard InChI is InChI=1S/C17H25NO/c19-12-16(11-15-7-3-1-4-8-15)18-13-17(14-18)9-5-2-6-10-17/h1,3-4,7-8,16,19H,2,5-6,9-14H2/t16-/m0/s1. The van der Waals surface area contributed by atoms with E-state index < -0.39 is 0 Å². The molecule has 0 aromatic heterocycles. The van der Waals surface area contributed by atoms with Crippen molar-refractivity contribution in [3.63, 3.8) is 0 Å². The fourth-order valence-corrected chi connectivity index (χ4v) is 3.89. The molecule has 2 aliphatic rings. The molecule has 0 radical (unpaired) electrons. The van der Waals surface area contributed by atoms with Crippen molar-refractivity contribution in [1.82, 2.24) is 4.90 Å². The van der Waals surface area contributed by atoms with Gasteiger partial charge in [-0.2, -0.15) is 0 Å². The van der Waals surface area contributed by atoms with Gasteiger partial charge in [-0.15, -0.1) is 0 Å². The van der Waals surface area contributed by atoms with Gasteiger partial charge in [-0.25, -0.2) is 0 Å². The smallest absolute Gasteiger partial charge is 0.0590 e. The monoisotopic (exact) mass is 259 g/mol. The molecule has 1 saturated heterocycles. The van der Waals surface area contributed by atoms with E-state index in [-0.39, 0.29) is 6.61 Å². The predicted octanol–water partition coefficient (Wildman–Crippen LogP) is 2.86. The number of aliphatic hydroxyl groups is 1. The van der Waals surface area contributed by atoms with Gasteiger partial charge in [0, 0.05) is 19.1 Å². The summed E-state index contributed by atoms with van der Waals surface area (Å²) in [6, 6.07) is 10.9. The van der Waals surface area contributed by atoms with Crippen LogP contribution in [-0.4, -0.2) is 35.7 Å². The minimum atomic E-state index is 0.283. The average molecular weight is 259 g/mol. The zero-order chi connectivity index (χ0) is 13.1. The highest BCUT2D eigenvalue weighted by atomic mass is 16.3. The van der Waals surface area contributed by atoms with E-state index in [4.69, 9.17) is 0 Å². The fraction of sp³-hybridized carbons (Fsp3) is 0.647. The molecule has 19 heavy (non-hydrogen) atoms. The maximum Gasteiger partial charge on any atom is 0.0590 e. The molecule has 2 fully saturated rings. The van der Waals surface area contributed by atoms with Crippen molar-refractivity contribution in [3.8, 4) is 0 Å². The summed E-state index contributed by atoms with van der Waals surface area (Å²) in [5.41, 5.74) is 1.95. The summed E-state index contributed by atoms with van der Waals surface area (Å²) >= 11 is 0. The molecular formula is C17H25NO. The van der Waals surface area contributed by atoms with E-state index in [9.17, 15) is 5.11 Å². The Balaban J connectivity index is 1.56. The van der Waals surface area contributed by atoms with Crippen molar-refractivity contribution in [1.29, 1.82) is 0 Å². The summed E-state index contributed by atoms with van der Waals surface area (Å²) in [5.74, 6) is 0. The van der Waals surface area contributed by atoms with Crippen LogP contribution in [0.3, 0.4) is 0 Å². The zero-order valence-corrected chi connectivity index (χ0v) is 11.7. The van der Waals surface area contributed by atoms with Crippen molar-refractivity contribution in [2.24, 2.45) is 5.41 Å². The summed E-state index contributed by atoms with van der Waals surface area (Å²) in [4.78, 5) is 2.50. The topological polar surface area (TPSA) is 23.5 Å². The van der Waals surface area contributed by atoms with Crippen LogP contribution in [0.1, 0.15) is 37.7 Å². The molecule has 2 nitrogen and oxygen atoms in total. The minimum Gasteiger partial charge on any atom is -0.395 e. The third-order valence-corrected chi connectivity index (χ3v) is 5.03. The second kappa shape index (κ2) is 5.64. The molecule has 1 aliphatic carbocycles. The van der Waals surface area contributed by atoms with Gasteiger partial charge in [0.2, 0.25) is 0 Å². The Morgan fingerprint density at radius 2 is 1.74 bits per heavy atom. The van der Waals surface area contributed by atoms with Crippen LogP contribution in [0.15, 0.2) is 30.3 Å². The Bertz CT molecular complexity index is 389. The first-order valence-corrected chi connectivity index (χ1v) is 7.70. The Morgan fingerprint density at radius 3 is 2.37 bits per heavy atom. The molecule has 0 unspecified atom stereocenters. The second-order valence-electron chi connectivity index (χ2n) is 6.49. The molecule has 0 bridgehead atoms. The molecule has 2 heteroatoms. The van der Waals surface area contributed by atoms with Crippen LogP contribution in [0.4, 0.5) is 0 Å². The largest absolute Gasteiger partial charge is 0.395 e. The first kappa shape index (κ1) is 13.1. The van der Waals surface area contributed by atoms with Crippen LogP contribution < -0.4 is 0 Å². The molecule has 3 rings (SSSR count). The Morgan fingerprint density at radius 1 is 1.05 bits per heavy atom. The van der Waals surface area contributed by atoms with Crippen LogP contribution in [-0.2, 0) is 6.42 Å². The van der Waals surface area contributed by atoms with Crippen molar-refractivity contribution in [2.75, 3.05) is 19.7 Å². The van der Waals surface area contributed by atoms with Crippen molar-refractivity contribution in [2.45, 2.75) is 44.6 Å². The third kappa shape index (κ3) is 2.85. The Labute approximate surface area is 116 Å². The lowest BCUT2D eigenvalue weighted by molar-refractivity contribution is -0.0661. The van der Waals surface area contributed by atoms with Gasteiger partial charge >= 0.3 is 0 Å². The second-order valence-corrected chi connectivity index (χ2v) is 6.49. The number of hydrogen-bond acceptors (Lipinski definition) is 2. The molecule has 1 aliphatic heterocycles. The molecule has 1 saturated carbocycles. The molecule has 1 heterocycles. The first-order valence-electron chi connectivity index (χ1n) is 7.70. The van der Waals surface area contributed by atoms with Crippen LogP contribution in [0.2, 0.25) is 0 Å². The number of rotatable bonds is 4. The van der Waals surface area contributed by atoms with E-state index in [1.54, 1.807) is 0 Å². The highest BCUT2D eigenvalue weighted by molar-refractivity contribution is 5.16. The van der Waals surface area contributed by atoms with Gasteiger partial charge in [-0.3, -0.25) is 4.90 Å². The van der Waals surface area contributed by atoms with Crippen molar-refractivity contribution < 1.29 is 5.11 Å². The molecule has 1 aromatic carbocycles. The number of aliphatic hydroxyl groups excluding tert-OH is 1. The lowest BCUT2D eigenvalue weighted by atomic mass is 9.68. The quantitative estimate of drug-likeness (QED) is 0.899. The molecule has 1 aromatic rings. The van der Waals surface area contributed by atoms with Gasteiger partial charge in [-0.1, -0.05) is 49.6 Å². The first-order chi connectivity index (χ1) is 9.31. The Kier molecular flexibility index (Phi) is 3.90. The van der Waals surface area contributed by atoms with Gasteiger partial charge in [0.05, 0.1) is 6.61 Å². The molecular weight excluding hydrogens is 234 g/mol. The highest BCUT2D eigenvalue weighted by Crippen LogP contribution is 2.44. The molecule has 104 valence electrons. The summed E-state index contributed by atoms with van der Waals surface area (Å²) < 4.78 is 0. The molecule has 1 spiro atoms. The van der Waals surface area contributed by atoms with Gasteiger partial charge < -0.3 is 5.11 Å². The maximum atomic E-state index is 9.67. The number of nitrogens with zero attached hydrogens (tertiary/aromatic N) is 1. The molecule has 0 amide bonds. The number of hydrogen-bond donors (Lipinski definition) is 1. The SMILES string of the molecule is OC[C@H](Cc1ccccc1)N1CC2(CCCCC2)C1. The van der Waals surface area contributed by atoms with Crippen LogP contribution in [0.25, 0.3) is 0 Å². The van der Waals surface area contributed by atoms with Gasteiger partial charge in [-0.05, 0) is 30.2 Å². The van der Waals surface area contributed by atoms with E-state index >= 15 is 0 Å². The summed E-state index contributed by atoms with van der Waals surface area (Å²) in [6.45, 7) is 2.71. The van der Waals surface area contributed by atoms with Gasteiger partial charge in [0.1, 0.15) is 0 Å². The normalized spacial score (nSPS) is 24.1. The summed E-state index contributed by atoms with van der Waals surface area (Å²) in [7, 11) is 0. The van der Waals surface area contributed by atoms with Crippen LogP contribution in [0.5, 0.6) is 0 Å². The minimum absolute atomic E-state index is 0.283. The fourth-order valence-electron chi connectivity index (χ4n) is 3.89. The van der Waals surface area contributed by atoms with E-state index in [0.717, 1.165) is 6.42 Å². The number of likely N-dealkylation sites (tertiary alicyclic amines) is 1. The van der Waals surface area contributed by atoms with E-state index in [0.29, 0.717) is 11.5 Å². The third-order valence-electron chi connectivity index (χ3n) is 5.03. The van der Waals surface area contributed by atoms with Crippen LogP contribution in [0, 0.1) is 5.41 Å². The zero-order valence-electron chi connectivity index (χ0n) is 11.7. The molecule has 1 N–H and O–H groups in total. The van der Waals surface area contributed by atoms with E-state index in [1.807, 2.05) is 0 Å². The Hall–Kier alpha value is -0.860. The van der Waals surface area contributed by atoms with E-state index in [2.05, 4.69) is 35.2 Å². The van der Waals surface area contributed by atoms with Gasteiger partial charge in [0.15, 0.2) is 0 Å². The average Bonchev–Trinajstić information content (AvgIpc) is 2.44. The van der Waals surface area contributed by atoms with E-state index in [1.165, 1.54) is 50.8 Å². The van der Waals surface area contributed by atoms with Crippen molar-refractivity contribution >= 4 is 0 Å². The maximum absolute atomic E-state index is 9.67.